The molecule has 0 amide bonds. The Bertz CT molecular complexity index is 960. The Kier molecular flexibility index (Phi) is 6.68. The van der Waals surface area contributed by atoms with E-state index in [0.29, 0.717) is 0 Å². The van der Waals surface area contributed by atoms with Gasteiger partial charge >= 0.3 is 0 Å². The maximum Gasteiger partial charge on any atom is 0.116 e. The molecule has 0 fully saturated rings. The van der Waals surface area contributed by atoms with Crippen LogP contribution in [-0.4, -0.2) is 38.2 Å². The quantitative estimate of drug-likeness (QED) is 0.531. The third-order valence-corrected chi connectivity index (χ3v) is 5.06. The van der Waals surface area contributed by atoms with Gasteiger partial charge in [-0.05, 0) is 78.6 Å². The second-order valence-corrected chi connectivity index (χ2v) is 7.92. The monoisotopic (exact) mass is 398 g/mol. The van der Waals surface area contributed by atoms with Crippen molar-refractivity contribution in [3.63, 3.8) is 0 Å². The van der Waals surface area contributed by atoms with Gasteiger partial charge in [-0.2, -0.15) is 0 Å². The Balaban J connectivity index is 1.82. The van der Waals surface area contributed by atoms with E-state index in [4.69, 9.17) is 0 Å². The van der Waals surface area contributed by atoms with Crippen LogP contribution in [0.25, 0.3) is 23.3 Å². The summed E-state index contributed by atoms with van der Waals surface area (Å²) in [6.07, 6.45) is 5.96. The van der Waals surface area contributed by atoms with Crippen molar-refractivity contribution in [1.29, 1.82) is 0 Å². The van der Waals surface area contributed by atoms with E-state index < -0.39 is 0 Å². The molecule has 3 rings (SSSR count). The number of anilines is 2. The van der Waals surface area contributed by atoms with E-state index in [1.807, 2.05) is 28.2 Å². The molecule has 1 heterocycles. The van der Waals surface area contributed by atoms with E-state index in [-0.39, 0.29) is 0 Å². The SMILES string of the molecule is CC(=Cc1ccc(N(C)C)cc1)c1cc(C(C)=Cc2ccc(N(C)C)cc2)ncn1. The molecule has 0 spiro atoms. The number of rotatable bonds is 6. The van der Waals surface area contributed by atoms with Gasteiger partial charge in [-0.1, -0.05) is 24.3 Å². The van der Waals surface area contributed by atoms with Gasteiger partial charge in [0.25, 0.3) is 0 Å². The number of hydrogen-bond acceptors (Lipinski definition) is 4. The summed E-state index contributed by atoms with van der Waals surface area (Å²) in [5.41, 5.74) is 8.79. The Hall–Kier alpha value is -3.40. The van der Waals surface area contributed by atoms with Crippen LogP contribution in [0.15, 0.2) is 60.9 Å². The van der Waals surface area contributed by atoms with Crippen LogP contribution >= 0.6 is 0 Å². The average molecular weight is 399 g/mol. The molecule has 0 aliphatic heterocycles. The minimum atomic E-state index is 0.937. The minimum Gasteiger partial charge on any atom is -0.378 e. The summed E-state index contributed by atoms with van der Waals surface area (Å²) >= 11 is 0. The first-order valence-electron chi connectivity index (χ1n) is 10.1. The van der Waals surface area contributed by atoms with Crippen LogP contribution in [0.2, 0.25) is 0 Å². The van der Waals surface area contributed by atoms with Gasteiger partial charge in [-0.3, -0.25) is 0 Å². The summed E-state index contributed by atoms with van der Waals surface area (Å²) in [5, 5.41) is 0. The Morgan fingerprint density at radius 2 is 1.00 bits per heavy atom. The number of nitrogens with zero attached hydrogens (tertiary/aromatic N) is 4. The Labute approximate surface area is 180 Å². The van der Waals surface area contributed by atoms with Crippen molar-refractivity contribution in [3.8, 4) is 0 Å². The van der Waals surface area contributed by atoms with E-state index in [2.05, 4.69) is 100 Å². The van der Waals surface area contributed by atoms with Crippen LogP contribution < -0.4 is 9.80 Å². The lowest BCUT2D eigenvalue weighted by Crippen LogP contribution is -2.07. The molecule has 0 radical (unpaired) electrons. The molecular weight excluding hydrogens is 368 g/mol. The van der Waals surface area contributed by atoms with Crippen molar-refractivity contribution in [2.45, 2.75) is 13.8 Å². The van der Waals surface area contributed by atoms with Crippen LogP contribution in [0, 0.1) is 0 Å². The number of allylic oxidation sites excluding steroid dienone is 2. The zero-order valence-electron chi connectivity index (χ0n) is 18.7. The van der Waals surface area contributed by atoms with Crippen LogP contribution in [0.3, 0.4) is 0 Å². The topological polar surface area (TPSA) is 32.3 Å². The van der Waals surface area contributed by atoms with E-state index in [0.717, 1.165) is 33.7 Å². The van der Waals surface area contributed by atoms with Crippen molar-refractivity contribution in [2.24, 2.45) is 0 Å². The molecule has 0 aliphatic rings. The molecule has 0 unspecified atom stereocenters. The predicted octanol–water partition coefficient (Wildman–Crippen LogP) is 5.73. The average Bonchev–Trinajstić information content (AvgIpc) is 2.74. The molecule has 4 nitrogen and oxygen atoms in total. The fourth-order valence-corrected chi connectivity index (χ4v) is 3.17. The maximum atomic E-state index is 4.48. The third-order valence-electron chi connectivity index (χ3n) is 5.06. The van der Waals surface area contributed by atoms with Crippen molar-refractivity contribution in [3.05, 3.63) is 83.4 Å². The maximum absolute atomic E-state index is 4.48. The summed E-state index contributed by atoms with van der Waals surface area (Å²) in [6.45, 7) is 4.18. The third kappa shape index (κ3) is 5.35. The molecule has 1 aromatic heterocycles. The summed E-state index contributed by atoms with van der Waals surface area (Å²) in [5.74, 6) is 0. The van der Waals surface area contributed by atoms with E-state index in [1.54, 1.807) is 6.33 Å². The van der Waals surface area contributed by atoms with Crippen molar-refractivity contribution >= 4 is 34.7 Å². The zero-order chi connectivity index (χ0) is 21.7. The molecular formula is C26H30N4. The van der Waals surface area contributed by atoms with Gasteiger partial charge in [-0.25, -0.2) is 9.97 Å². The highest BCUT2D eigenvalue weighted by Gasteiger charge is 2.04. The number of benzene rings is 2. The van der Waals surface area contributed by atoms with Gasteiger partial charge < -0.3 is 9.80 Å². The zero-order valence-corrected chi connectivity index (χ0v) is 18.7. The fourth-order valence-electron chi connectivity index (χ4n) is 3.17. The molecule has 154 valence electrons. The van der Waals surface area contributed by atoms with Crippen molar-refractivity contribution in [2.75, 3.05) is 38.0 Å². The van der Waals surface area contributed by atoms with Crippen LogP contribution in [-0.2, 0) is 0 Å². The summed E-state index contributed by atoms with van der Waals surface area (Å²) < 4.78 is 0. The van der Waals surface area contributed by atoms with E-state index >= 15 is 0 Å². The minimum absolute atomic E-state index is 0.937. The molecule has 0 saturated carbocycles. The van der Waals surface area contributed by atoms with E-state index in [1.165, 1.54) is 11.4 Å². The lowest BCUT2D eigenvalue weighted by molar-refractivity contribution is 1.12. The number of hydrogen-bond donors (Lipinski definition) is 0. The second-order valence-electron chi connectivity index (χ2n) is 7.92. The number of aromatic nitrogens is 2. The van der Waals surface area contributed by atoms with Crippen molar-refractivity contribution < 1.29 is 0 Å². The normalized spacial score (nSPS) is 12.1. The first-order chi connectivity index (χ1) is 14.3. The molecule has 0 atom stereocenters. The lowest BCUT2D eigenvalue weighted by atomic mass is 10.1. The highest BCUT2D eigenvalue weighted by molar-refractivity contribution is 5.83. The molecule has 0 aliphatic carbocycles. The summed E-state index contributed by atoms with van der Waals surface area (Å²) in [7, 11) is 8.19. The lowest BCUT2D eigenvalue weighted by Gasteiger charge is -2.12. The Morgan fingerprint density at radius 1 is 0.633 bits per heavy atom. The second kappa shape index (κ2) is 9.40. The van der Waals surface area contributed by atoms with Crippen LogP contribution in [0.5, 0.6) is 0 Å². The smallest absolute Gasteiger partial charge is 0.116 e. The molecule has 0 bridgehead atoms. The largest absolute Gasteiger partial charge is 0.378 e. The molecule has 0 N–H and O–H groups in total. The molecule has 4 heteroatoms. The highest BCUT2D eigenvalue weighted by atomic mass is 15.1. The van der Waals surface area contributed by atoms with Gasteiger partial charge in [0.05, 0.1) is 11.4 Å². The van der Waals surface area contributed by atoms with Gasteiger partial charge in [-0.15, -0.1) is 0 Å². The molecule has 3 aromatic rings. The molecule has 30 heavy (non-hydrogen) atoms. The molecule has 2 aromatic carbocycles. The van der Waals surface area contributed by atoms with Crippen LogP contribution in [0.4, 0.5) is 11.4 Å². The molecule has 0 saturated heterocycles. The van der Waals surface area contributed by atoms with Gasteiger partial charge in [0.2, 0.25) is 0 Å². The standard InChI is InChI=1S/C26H30N4/c1-19(15-21-7-11-23(12-8-21)29(3)4)25-17-26(28-18-27-25)20(2)16-22-9-13-24(14-10-22)30(5)6/h7-18H,1-6H3. The summed E-state index contributed by atoms with van der Waals surface area (Å²) in [4.78, 5) is 13.2. The Morgan fingerprint density at radius 3 is 1.33 bits per heavy atom. The van der Waals surface area contributed by atoms with Crippen LogP contribution in [0.1, 0.15) is 36.4 Å². The first-order valence-corrected chi connectivity index (χ1v) is 10.1. The van der Waals surface area contributed by atoms with Gasteiger partial charge in [0.15, 0.2) is 0 Å². The predicted molar refractivity (Wildman–Crippen MR) is 131 cm³/mol. The van der Waals surface area contributed by atoms with Crippen molar-refractivity contribution in [1.82, 2.24) is 9.97 Å². The first kappa shape index (κ1) is 21.3. The fraction of sp³-hybridized carbons (Fsp3) is 0.231. The highest BCUT2D eigenvalue weighted by Crippen LogP contribution is 2.22. The summed E-state index contributed by atoms with van der Waals surface area (Å²) in [6, 6.07) is 19.1. The van der Waals surface area contributed by atoms with E-state index in [9.17, 15) is 0 Å². The van der Waals surface area contributed by atoms with Gasteiger partial charge in [0.1, 0.15) is 6.33 Å². The van der Waals surface area contributed by atoms with Gasteiger partial charge in [0, 0.05) is 39.6 Å².